The summed E-state index contributed by atoms with van der Waals surface area (Å²) in [6.07, 6.45) is -0.533. The second-order valence-corrected chi connectivity index (χ2v) is 6.48. The Kier molecular flexibility index (Phi) is 5.68. The number of nitrogens with zero attached hydrogens (tertiary/aromatic N) is 2. The number of amides is 2. The molecular formula is C21H24N2O3. The highest BCUT2D eigenvalue weighted by Crippen LogP contribution is 2.20. The van der Waals surface area contributed by atoms with Crippen molar-refractivity contribution in [2.75, 3.05) is 26.2 Å². The van der Waals surface area contributed by atoms with Gasteiger partial charge in [0.1, 0.15) is 6.10 Å². The second-order valence-electron chi connectivity index (χ2n) is 6.48. The molecule has 2 aromatic carbocycles. The highest BCUT2D eigenvalue weighted by molar-refractivity contribution is 5.95. The molecule has 26 heavy (non-hydrogen) atoms. The molecule has 1 fully saturated rings. The van der Waals surface area contributed by atoms with E-state index in [2.05, 4.69) is 0 Å². The Bertz CT molecular complexity index is 751. The van der Waals surface area contributed by atoms with Gasteiger partial charge in [-0.25, -0.2) is 0 Å². The first-order chi connectivity index (χ1) is 12.6. The maximum Gasteiger partial charge on any atom is 0.253 e. The summed E-state index contributed by atoms with van der Waals surface area (Å²) < 4.78 is 0. The van der Waals surface area contributed by atoms with Crippen LogP contribution in [0.3, 0.4) is 0 Å². The number of hydrogen-bond acceptors (Lipinski definition) is 3. The number of aliphatic hydroxyl groups excluding tert-OH is 1. The van der Waals surface area contributed by atoms with Crippen LogP contribution < -0.4 is 0 Å². The van der Waals surface area contributed by atoms with Crippen LogP contribution in [0.4, 0.5) is 0 Å². The first-order valence-corrected chi connectivity index (χ1v) is 9.01. The van der Waals surface area contributed by atoms with Crippen molar-refractivity contribution in [1.82, 2.24) is 9.80 Å². The molecule has 0 radical (unpaired) electrons. The van der Waals surface area contributed by atoms with Crippen LogP contribution in [0, 0.1) is 0 Å². The summed E-state index contributed by atoms with van der Waals surface area (Å²) in [5.41, 5.74) is 2.84. The van der Waals surface area contributed by atoms with Gasteiger partial charge >= 0.3 is 0 Å². The highest BCUT2D eigenvalue weighted by Gasteiger charge is 2.27. The summed E-state index contributed by atoms with van der Waals surface area (Å²) in [4.78, 5) is 28.1. The minimum Gasteiger partial charge on any atom is -0.383 e. The van der Waals surface area contributed by atoms with Crippen LogP contribution in [-0.2, 0) is 4.79 Å². The zero-order valence-corrected chi connectivity index (χ0v) is 15.0. The molecule has 0 aromatic heterocycles. The SMILES string of the molecule is CC[C@@H](O)C(=O)N1CCN(C(=O)c2ccc(-c3ccccc3)cc2)CC1. The van der Waals surface area contributed by atoms with E-state index in [1.807, 2.05) is 54.6 Å². The Labute approximate surface area is 153 Å². The minimum absolute atomic E-state index is 0.0206. The highest BCUT2D eigenvalue weighted by atomic mass is 16.3. The average Bonchev–Trinajstić information content (AvgIpc) is 2.73. The monoisotopic (exact) mass is 352 g/mol. The molecule has 136 valence electrons. The van der Waals surface area contributed by atoms with Crippen molar-refractivity contribution in [3.8, 4) is 11.1 Å². The van der Waals surface area contributed by atoms with Gasteiger partial charge in [-0.3, -0.25) is 9.59 Å². The van der Waals surface area contributed by atoms with Gasteiger partial charge in [0.2, 0.25) is 0 Å². The molecule has 1 aliphatic rings. The number of carbonyl (C=O) groups excluding carboxylic acids is 2. The molecule has 1 atom stereocenters. The molecule has 1 N–H and O–H groups in total. The number of aliphatic hydroxyl groups is 1. The summed E-state index contributed by atoms with van der Waals surface area (Å²) in [6, 6.07) is 17.7. The zero-order chi connectivity index (χ0) is 18.5. The van der Waals surface area contributed by atoms with E-state index >= 15 is 0 Å². The molecule has 0 unspecified atom stereocenters. The van der Waals surface area contributed by atoms with E-state index < -0.39 is 6.10 Å². The predicted octanol–water partition coefficient (Wildman–Crippen LogP) is 2.41. The lowest BCUT2D eigenvalue weighted by Crippen LogP contribution is -2.52. The van der Waals surface area contributed by atoms with E-state index in [0.29, 0.717) is 38.2 Å². The third-order valence-electron chi connectivity index (χ3n) is 4.79. The van der Waals surface area contributed by atoms with Gasteiger partial charge in [-0.1, -0.05) is 49.4 Å². The first-order valence-electron chi connectivity index (χ1n) is 9.01. The van der Waals surface area contributed by atoms with E-state index in [9.17, 15) is 14.7 Å². The third kappa shape index (κ3) is 3.94. The summed E-state index contributed by atoms with van der Waals surface area (Å²) in [6.45, 7) is 3.68. The molecule has 5 nitrogen and oxygen atoms in total. The zero-order valence-electron chi connectivity index (χ0n) is 15.0. The summed E-state index contributed by atoms with van der Waals surface area (Å²) in [5.74, 6) is -0.264. The van der Waals surface area contributed by atoms with Crippen molar-refractivity contribution < 1.29 is 14.7 Å². The summed E-state index contributed by atoms with van der Waals surface area (Å²) in [7, 11) is 0. The van der Waals surface area contributed by atoms with Crippen LogP contribution in [0.25, 0.3) is 11.1 Å². The summed E-state index contributed by atoms with van der Waals surface area (Å²) in [5, 5.41) is 9.68. The fraction of sp³-hybridized carbons (Fsp3) is 0.333. The summed E-state index contributed by atoms with van der Waals surface area (Å²) >= 11 is 0. The smallest absolute Gasteiger partial charge is 0.253 e. The second kappa shape index (κ2) is 8.15. The van der Waals surface area contributed by atoms with E-state index in [1.54, 1.807) is 16.7 Å². The van der Waals surface area contributed by atoms with Crippen LogP contribution in [0.5, 0.6) is 0 Å². The molecular weight excluding hydrogens is 328 g/mol. The van der Waals surface area contributed by atoms with Crippen LogP contribution in [0.15, 0.2) is 54.6 Å². The lowest BCUT2D eigenvalue weighted by Gasteiger charge is -2.35. The van der Waals surface area contributed by atoms with Gasteiger partial charge in [-0.2, -0.15) is 0 Å². The molecule has 0 aliphatic carbocycles. The van der Waals surface area contributed by atoms with Crippen molar-refractivity contribution >= 4 is 11.8 Å². The average molecular weight is 352 g/mol. The Morgan fingerprint density at radius 2 is 1.42 bits per heavy atom. The van der Waals surface area contributed by atoms with Crippen molar-refractivity contribution in [2.24, 2.45) is 0 Å². The Balaban J connectivity index is 1.61. The molecule has 2 aromatic rings. The van der Waals surface area contributed by atoms with Crippen molar-refractivity contribution in [3.05, 3.63) is 60.2 Å². The lowest BCUT2D eigenvalue weighted by molar-refractivity contribution is -0.141. The molecule has 0 bridgehead atoms. The number of piperazine rings is 1. The van der Waals surface area contributed by atoms with Crippen molar-refractivity contribution in [2.45, 2.75) is 19.4 Å². The van der Waals surface area contributed by atoms with Crippen LogP contribution in [-0.4, -0.2) is 59.0 Å². The van der Waals surface area contributed by atoms with Gasteiger partial charge in [-0.15, -0.1) is 0 Å². The standard InChI is InChI=1S/C21H24N2O3/c1-2-19(24)21(26)23-14-12-22(13-15-23)20(25)18-10-8-17(9-11-18)16-6-4-3-5-7-16/h3-11,19,24H,2,12-15H2,1H3/t19-/m1/s1. The van der Waals surface area contributed by atoms with Crippen LogP contribution >= 0.6 is 0 Å². The molecule has 3 rings (SSSR count). The van der Waals surface area contributed by atoms with E-state index in [1.165, 1.54) is 0 Å². The van der Waals surface area contributed by atoms with Crippen molar-refractivity contribution in [3.63, 3.8) is 0 Å². The maximum atomic E-state index is 12.7. The fourth-order valence-electron chi connectivity index (χ4n) is 3.13. The number of hydrogen-bond donors (Lipinski definition) is 1. The quantitative estimate of drug-likeness (QED) is 0.919. The molecule has 1 aliphatic heterocycles. The van der Waals surface area contributed by atoms with Gasteiger partial charge in [0.15, 0.2) is 0 Å². The molecule has 5 heteroatoms. The van der Waals surface area contributed by atoms with Crippen molar-refractivity contribution in [1.29, 1.82) is 0 Å². The lowest BCUT2D eigenvalue weighted by atomic mass is 10.0. The van der Waals surface area contributed by atoms with E-state index in [0.717, 1.165) is 11.1 Å². The predicted molar refractivity (Wildman–Crippen MR) is 101 cm³/mol. The van der Waals surface area contributed by atoms with Gasteiger partial charge in [-0.05, 0) is 29.7 Å². The third-order valence-corrected chi connectivity index (χ3v) is 4.79. The van der Waals surface area contributed by atoms with Gasteiger partial charge in [0.25, 0.3) is 11.8 Å². The largest absolute Gasteiger partial charge is 0.383 e. The van der Waals surface area contributed by atoms with Gasteiger partial charge < -0.3 is 14.9 Å². The maximum absolute atomic E-state index is 12.7. The van der Waals surface area contributed by atoms with Gasteiger partial charge in [0, 0.05) is 31.7 Å². The van der Waals surface area contributed by atoms with E-state index in [4.69, 9.17) is 0 Å². The Morgan fingerprint density at radius 3 is 2.00 bits per heavy atom. The molecule has 1 saturated heterocycles. The fourth-order valence-corrected chi connectivity index (χ4v) is 3.13. The normalized spacial score (nSPS) is 15.6. The van der Waals surface area contributed by atoms with Gasteiger partial charge in [0.05, 0.1) is 0 Å². The molecule has 1 heterocycles. The molecule has 0 saturated carbocycles. The number of carbonyl (C=O) groups is 2. The topological polar surface area (TPSA) is 60.9 Å². The molecule has 2 amide bonds. The van der Waals surface area contributed by atoms with E-state index in [-0.39, 0.29) is 11.8 Å². The van der Waals surface area contributed by atoms with Crippen LogP contribution in [0.1, 0.15) is 23.7 Å². The Morgan fingerprint density at radius 1 is 0.885 bits per heavy atom. The number of rotatable bonds is 4. The molecule has 0 spiro atoms. The Hall–Kier alpha value is -2.66. The first kappa shape index (κ1) is 18.1. The number of benzene rings is 2. The minimum atomic E-state index is -0.942. The van der Waals surface area contributed by atoms with Crippen LogP contribution in [0.2, 0.25) is 0 Å².